The summed E-state index contributed by atoms with van der Waals surface area (Å²) in [5.74, 6) is 0.716. The Morgan fingerprint density at radius 2 is 2.17 bits per heavy atom. The summed E-state index contributed by atoms with van der Waals surface area (Å²) in [5.41, 5.74) is 0.840. The predicted molar refractivity (Wildman–Crippen MR) is 69.3 cm³/mol. The van der Waals surface area contributed by atoms with Crippen molar-refractivity contribution < 1.29 is 13.9 Å². The van der Waals surface area contributed by atoms with Gasteiger partial charge >= 0.3 is 0 Å². The van der Waals surface area contributed by atoms with Gasteiger partial charge in [-0.05, 0) is 19.1 Å². The van der Waals surface area contributed by atoms with Crippen molar-refractivity contribution in [2.24, 2.45) is 0 Å². The molecule has 0 aliphatic rings. The molecule has 1 heterocycles. The molecule has 18 heavy (non-hydrogen) atoms. The van der Waals surface area contributed by atoms with E-state index in [0.717, 1.165) is 16.7 Å². The van der Waals surface area contributed by atoms with Gasteiger partial charge in [0.1, 0.15) is 18.0 Å². The molecule has 0 spiro atoms. The predicted octanol–water partition coefficient (Wildman–Crippen LogP) is 2.60. The van der Waals surface area contributed by atoms with E-state index in [4.69, 9.17) is 9.15 Å². The number of furan rings is 1. The summed E-state index contributed by atoms with van der Waals surface area (Å²) in [6.45, 7) is 2.02. The molecule has 4 heteroatoms. The monoisotopic (exact) mass is 247 g/mol. The third-order valence-corrected chi connectivity index (χ3v) is 3.10. The summed E-state index contributed by atoms with van der Waals surface area (Å²) in [6.07, 6.45) is 0. The number of carbonyl (C=O) groups excluding carboxylic acids is 1. The molecule has 2 aromatic rings. The van der Waals surface area contributed by atoms with Gasteiger partial charge in [0.05, 0.1) is 6.04 Å². The Bertz CT molecular complexity index is 514. The fourth-order valence-corrected chi connectivity index (χ4v) is 1.84. The zero-order valence-electron chi connectivity index (χ0n) is 10.8. The van der Waals surface area contributed by atoms with Gasteiger partial charge in [-0.1, -0.05) is 18.2 Å². The lowest BCUT2D eigenvalue weighted by Crippen LogP contribution is -2.32. The molecule has 0 radical (unpaired) electrons. The molecule has 1 atom stereocenters. The number of hydrogen-bond donors (Lipinski definition) is 0. The van der Waals surface area contributed by atoms with Gasteiger partial charge in [0.25, 0.3) is 0 Å². The van der Waals surface area contributed by atoms with E-state index in [9.17, 15) is 4.79 Å². The number of methoxy groups -OCH3 is 1. The van der Waals surface area contributed by atoms with Crippen molar-refractivity contribution in [2.45, 2.75) is 13.0 Å². The van der Waals surface area contributed by atoms with Crippen LogP contribution < -0.4 is 0 Å². The highest BCUT2D eigenvalue weighted by atomic mass is 16.5. The van der Waals surface area contributed by atoms with Crippen molar-refractivity contribution in [2.75, 3.05) is 20.8 Å². The summed E-state index contributed by atoms with van der Waals surface area (Å²) in [6, 6.07) is 9.66. The number of carbonyl (C=O) groups is 1. The highest BCUT2D eigenvalue weighted by Gasteiger charge is 2.20. The molecular weight excluding hydrogens is 230 g/mol. The molecule has 0 saturated heterocycles. The van der Waals surface area contributed by atoms with E-state index < -0.39 is 0 Å². The van der Waals surface area contributed by atoms with Crippen LogP contribution in [0.4, 0.5) is 0 Å². The number of amides is 1. The van der Waals surface area contributed by atoms with E-state index in [1.54, 1.807) is 11.9 Å². The minimum Gasteiger partial charge on any atom is -0.459 e. The van der Waals surface area contributed by atoms with E-state index in [0.29, 0.717) is 0 Å². The molecule has 0 N–H and O–H groups in total. The Kier molecular flexibility index (Phi) is 3.67. The number of ether oxygens (including phenoxy) is 1. The van der Waals surface area contributed by atoms with Gasteiger partial charge in [-0.3, -0.25) is 4.79 Å². The summed E-state index contributed by atoms with van der Waals surface area (Å²) in [4.78, 5) is 13.4. The van der Waals surface area contributed by atoms with E-state index in [1.165, 1.54) is 7.11 Å². The molecule has 1 aromatic heterocycles. The van der Waals surface area contributed by atoms with Crippen LogP contribution in [-0.2, 0) is 9.53 Å². The smallest absolute Gasteiger partial charge is 0.248 e. The maximum Gasteiger partial charge on any atom is 0.248 e. The second-order valence-electron chi connectivity index (χ2n) is 4.30. The van der Waals surface area contributed by atoms with Crippen LogP contribution >= 0.6 is 0 Å². The SMILES string of the molecule is COCC(=O)N(C)C(C)c1cc2ccccc2o1. The second-order valence-corrected chi connectivity index (χ2v) is 4.30. The molecule has 0 bridgehead atoms. The number of likely N-dealkylation sites (N-methyl/N-ethyl adjacent to an activating group) is 1. The van der Waals surface area contributed by atoms with Crippen molar-refractivity contribution in [3.8, 4) is 0 Å². The van der Waals surface area contributed by atoms with E-state index in [1.807, 2.05) is 37.3 Å². The first-order valence-corrected chi connectivity index (χ1v) is 5.86. The molecule has 96 valence electrons. The molecule has 0 aliphatic heterocycles. The van der Waals surface area contributed by atoms with Gasteiger partial charge in [0, 0.05) is 19.5 Å². The Morgan fingerprint density at radius 3 is 2.83 bits per heavy atom. The minimum atomic E-state index is -0.111. The normalized spacial score (nSPS) is 12.6. The number of benzene rings is 1. The molecular formula is C14H17NO3. The van der Waals surface area contributed by atoms with Crippen molar-refractivity contribution in [1.82, 2.24) is 4.90 Å². The van der Waals surface area contributed by atoms with Crippen LogP contribution in [0.25, 0.3) is 11.0 Å². The maximum atomic E-state index is 11.7. The summed E-state index contributed by atoms with van der Waals surface area (Å²) in [5, 5.41) is 1.05. The molecule has 0 aliphatic carbocycles. The first-order chi connectivity index (χ1) is 8.63. The zero-order valence-corrected chi connectivity index (χ0v) is 10.8. The molecule has 1 unspecified atom stereocenters. The van der Waals surface area contributed by atoms with Crippen molar-refractivity contribution >= 4 is 16.9 Å². The average Bonchev–Trinajstić information content (AvgIpc) is 2.81. The number of rotatable bonds is 4. The summed E-state index contributed by atoms with van der Waals surface area (Å²) >= 11 is 0. The van der Waals surface area contributed by atoms with Crippen LogP contribution in [0.3, 0.4) is 0 Å². The lowest BCUT2D eigenvalue weighted by atomic mass is 10.2. The van der Waals surface area contributed by atoms with Gasteiger partial charge < -0.3 is 14.1 Å². The topological polar surface area (TPSA) is 42.7 Å². The lowest BCUT2D eigenvalue weighted by Gasteiger charge is -2.22. The molecule has 2 rings (SSSR count). The van der Waals surface area contributed by atoms with Crippen molar-refractivity contribution in [3.63, 3.8) is 0 Å². The first-order valence-electron chi connectivity index (χ1n) is 5.86. The third kappa shape index (κ3) is 2.38. The van der Waals surface area contributed by atoms with Crippen LogP contribution in [0.15, 0.2) is 34.7 Å². The number of hydrogen-bond acceptors (Lipinski definition) is 3. The van der Waals surface area contributed by atoms with Crippen LogP contribution in [0.1, 0.15) is 18.7 Å². The standard InChI is InChI=1S/C14H17NO3/c1-10(15(2)14(16)9-17-3)13-8-11-6-4-5-7-12(11)18-13/h4-8,10H,9H2,1-3H3. The van der Waals surface area contributed by atoms with Gasteiger partial charge in [-0.25, -0.2) is 0 Å². The maximum absolute atomic E-state index is 11.7. The third-order valence-electron chi connectivity index (χ3n) is 3.10. The zero-order chi connectivity index (χ0) is 13.1. The number of para-hydroxylation sites is 1. The molecule has 0 fully saturated rings. The lowest BCUT2D eigenvalue weighted by molar-refractivity contribution is -0.136. The Hall–Kier alpha value is -1.81. The molecule has 4 nitrogen and oxygen atoms in total. The molecule has 1 amide bonds. The first kappa shape index (κ1) is 12.6. The fraction of sp³-hybridized carbons (Fsp3) is 0.357. The molecule has 1 aromatic carbocycles. The molecule has 0 saturated carbocycles. The van der Waals surface area contributed by atoms with Gasteiger partial charge in [0.15, 0.2) is 0 Å². The van der Waals surface area contributed by atoms with Crippen LogP contribution in [-0.4, -0.2) is 31.6 Å². The van der Waals surface area contributed by atoms with Crippen LogP contribution in [0.5, 0.6) is 0 Å². The fourth-order valence-electron chi connectivity index (χ4n) is 1.84. The second kappa shape index (κ2) is 5.23. The quantitative estimate of drug-likeness (QED) is 0.834. The van der Waals surface area contributed by atoms with Gasteiger partial charge in [-0.15, -0.1) is 0 Å². The number of nitrogens with zero attached hydrogens (tertiary/aromatic N) is 1. The summed E-state index contributed by atoms with van der Waals surface area (Å²) in [7, 11) is 3.26. The minimum absolute atomic E-state index is 0.0644. The Labute approximate surface area is 106 Å². The van der Waals surface area contributed by atoms with Crippen molar-refractivity contribution in [3.05, 3.63) is 36.1 Å². The van der Waals surface area contributed by atoms with Gasteiger partial charge in [-0.2, -0.15) is 0 Å². The Morgan fingerprint density at radius 1 is 1.44 bits per heavy atom. The number of fused-ring (bicyclic) bond motifs is 1. The largest absolute Gasteiger partial charge is 0.459 e. The van der Waals surface area contributed by atoms with Crippen molar-refractivity contribution in [1.29, 1.82) is 0 Å². The highest BCUT2D eigenvalue weighted by Crippen LogP contribution is 2.26. The van der Waals surface area contributed by atoms with E-state index >= 15 is 0 Å². The highest BCUT2D eigenvalue weighted by molar-refractivity contribution is 5.79. The van der Waals surface area contributed by atoms with E-state index in [-0.39, 0.29) is 18.6 Å². The summed E-state index contributed by atoms with van der Waals surface area (Å²) < 4.78 is 10.6. The van der Waals surface area contributed by atoms with Gasteiger partial charge in [0.2, 0.25) is 5.91 Å². The van der Waals surface area contributed by atoms with Crippen LogP contribution in [0, 0.1) is 0 Å². The average molecular weight is 247 g/mol. The van der Waals surface area contributed by atoms with Crippen LogP contribution in [0.2, 0.25) is 0 Å². The Balaban J connectivity index is 2.22. The van der Waals surface area contributed by atoms with E-state index in [2.05, 4.69) is 0 Å².